The van der Waals surface area contributed by atoms with Crippen LogP contribution in [0.4, 0.5) is 0 Å². The van der Waals surface area contributed by atoms with E-state index in [1.165, 1.54) is 16.7 Å². The van der Waals surface area contributed by atoms with Crippen LogP contribution in [0.1, 0.15) is 43.4 Å². The topological polar surface area (TPSA) is 44.5 Å². The van der Waals surface area contributed by atoms with Gasteiger partial charge < -0.3 is 15.2 Å². The number of hydrogen-bond acceptors (Lipinski definition) is 3. The van der Waals surface area contributed by atoms with E-state index < -0.39 is 0 Å². The van der Waals surface area contributed by atoms with Crippen LogP contribution in [0.25, 0.3) is 0 Å². The largest absolute Gasteiger partial charge is 0.493 e. The van der Waals surface area contributed by atoms with Gasteiger partial charge in [-0.2, -0.15) is 0 Å². The molecule has 2 N–H and O–H groups in total. The number of hydrogen-bond donors (Lipinski definition) is 1. The molecule has 1 aromatic carbocycles. The molecule has 2 aliphatic rings. The maximum atomic E-state index is 6.24. The Labute approximate surface area is 115 Å². The zero-order chi connectivity index (χ0) is 13.5. The Kier molecular flexibility index (Phi) is 3.17. The number of rotatable bonds is 2. The summed E-state index contributed by atoms with van der Waals surface area (Å²) in [7, 11) is 0. The van der Waals surface area contributed by atoms with Crippen LogP contribution in [0, 0.1) is 0 Å². The summed E-state index contributed by atoms with van der Waals surface area (Å²) in [6.07, 6.45) is 5.20. The lowest BCUT2D eigenvalue weighted by molar-refractivity contribution is 0.267. The van der Waals surface area contributed by atoms with E-state index in [1.54, 1.807) is 0 Å². The number of aryl methyl sites for hydroxylation is 1. The van der Waals surface area contributed by atoms with E-state index in [0.717, 1.165) is 56.8 Å². The van der Waals surface area contributed by atoms with Crippen molar-refractivity contribution in [2.75, 3.05) is 13.2 Å². The number of fused-ring (bicyclic) bond motifs is 2. The summed E-state index contributed by atoms with van der Waals surface area (Å²) < 4.78 is 11.8. The zero-order valence-corrected chi connectivity index (χ0v) is 11.9. The molecule has 1 aromatic rings. The molecule has 0 saturated carbocycles. The Morgan fingerprint density at radius 2 is 1.89 bits per heavy atom. The van der Waals surface area contributed by atoms with Crippen LogP contribution in [-0.2, 0) is 19.3 Å². The third kappa shape index (κ3) is 2.57. The first-order valence-electron chi connectivity index (χ1n) is 7.27. The number of ether oxygens (including phenoxy) is 2. The minimum absolute atomic E-state index is 0.221. The first kappa shape index (κ1) is 12.8. The van der Waals surface area contributed by atoms with E-state index in [9.17, 15) is 0 Å². The molecule has 0 unspecified atom stereocenters. The summed E-state index contributed by atoms with van der Waals surface area (Å²) in [5.74, 6) is 2.16. The van der Waals surface area contributed by atoms with Gasteiger partial charge in [0, 0.05) is 16.7 Å². The van der Waals surface area contributed by atoms with Crippen molar-refractivity contribution in [2.45, 2.75) is 51.5 Å². The zero-order valence-electron chi connectivity index (χ0n) is 11.9. The predicted molar refractivity (Wildman–Crippen MR) is 76.0 cm³/mol. The van der Waals surface area contributed by atoms with Crippen molar-refractivity contribution in [3.05, 3.63) is 22.8 Å². The fraction of sp³-hybridized carbons (Fsp3) is 0.625. The number of benzene rings is 1. The molecule has 0 bridgehead atoms. The molecule has 3 nitrogen and oxygen atoms in total. The van der Waals surface area contributed by atoms with Crippen molar-refractivity contribution < 1.29 is 9.47 Å². The molecule has 104 valence electrons. The highest BCUT2D eigenvalue weighted by atomic mass is 16.5. The van der Waals surface area contributed by atoms with Crippen LogP contribution in [-0.4, -0.2) is 18.8 Å². The molecule has 0 aromatic heterocycles. The second kappa shape index (κ2) is 4.71. The Morgan fingerprint density at radius 1 is 1.16 bits per heavy atom. The van der Waals surface area contributed by atoms with Crippen LogP contribution in [0.5, 0.6) is 11.5 Å². The van der Waals surface area contributed by atoms with Crippen molar-refractivity contribution in [3.8, 4) is 11.5 Å². The van der Waals surface area contributed by atoms with Gasteiger partial charge in [0.2, 0.25) is 0 Å². The third-order valence-electron chi connectivity index (χ3n) is 3.83. The van der Waals surface area contributed by atoms with E-state index in [1.807, 2.05) is 0 Å². The van der Waals surface area contributed by atoms with Gasteiger partial charge in [-0.3, -0.25) is 0 Å². The van der Waals surface area contributed by atoms with E-state index >= 15 is 0 Å². The standard InChI is InChI=1S/C16H23NO2/c1-16(2,17)10-13-12-6-4-7-18-14(12)9-11-5-3-8-19-15(11)13/h9H,3-8,10,17H2,1-2H3. The summed E-state index contributed by atoms with van der Waals surface area (Å²) in [6.45, 7) is 5.80. The van der Waals surface area contributed by atoms with Crippen LogP contribution >= 0.6 is 0 Å². The monoisotopic (exact) mass is 261 g/mol. The normalized spacial score (nSPS) is 18.1. The van der Waals surface area contributed by atoms with Crippen LogP contribution < -0.4 is 15.2 Å². The van der Waals surface area contributed by atoms with Crippen LogP contribution in [0.2, 0.25) is 0 Å². The lowest BCUT2D eigenvalue weighted by atomic mass is 9.86. The van der Waals surface area contributed by atoms with E-state index in [-0.39, 0.29) is 5.54 Å². The Hall–Kier alpha value is -1.22. The van der Waals surface area contributed by atoms with Crippen LogP contribution in [0.3, 0.4) is 0 Å². The van der Waals surface area contributed by atoms with Crippen molar-refractivity contribution in [1.82, 2.24) is 0 Å². The van der Waals surface area contributed by atoms with Gasteiger partial charge in [0.15, 0.2) is 0 Å². The molecule has 2 aliphatic heterocycles. The number of nitrogens with two attached hydrogens (primary N) is 1. The van der Waals surface area contributed by atoms with Crippen LogP contribution in [0.15, 0.2) is 6.07 Å². The average Bonchev–Trinajstić information content (AvgIpc) is 2.37. The Balaban J connectivity index is 2.11. The highest BCUT2D eigenvalue weighted by Crippen LogP contribution is 2.40. The predicted octanol–water partition coefficient (Wildman–Crippen LogP) is 2.62. The van der Waals surface area contributed by atoms with E-state index in [4.69, 9.17) is 15.2 Å². The van der Waals surface area contributed by atoms with Crippen molar-refractivity contribution >= 4 is 0 Å². The quantitative estimate of drug-likeness (QED) is 0.890. The summed E-state index contributed by atoms with van der Waals surface area (Å²) in [4.78, 5) is 0. The van der Waals surface area contributed by atoms with E-state index in [0.29, 0.717) is 0 Å². The molecule has 0 radical (unpaired) electrons. The average molecular weight is 261 g/mol. The molecule has 3 heteroatoms. The maximum absolute atomic E-state index is 6.24. The van der Waals surface area contributed by atoms with Gasteiger partial charge in [-0.1, -0.05) is 0 Å². The lowest BCUT2D eigenvalue weighted by Gasteiger charge is -2.30. The Morgan fingerprint density at radius 3 is 2.68 bits per heavy atom. The van der Waals surface area contributed by atoms with Gasteiger partial charge in [-0.25, -0.2) is 0 Å². The SMILES string of the molecule is CC(C)(N)Cc1c2c(cc3c1OCCC3)OCCC2. The highest BCUT2D eigenvalue weighted by molar-refractivity contribution is 5.55. The molecule has 0 aliphatic carbocycles. The van der Waals surface area contributed by atoms with Gasteiger partial charge in [-0.05, 0) is 57.6 Å². The van der Waals surface area contributed by atoms with Crippen molar-refractivity contribution in [2.24, 2.45) is 5.73 Å². The second-order valence-corrected chi connectivity index (χ2v) is 6.39. The molecule has 3 rings (SSSR count). The molecule has 0 saturated heterocycles. The fourth-order valence-corrected chi connectivity index (χ4v) is 3.07. The molecule has 0 fully saturated rings. The van der Waals surface area contributed by atoms with Gasteiger partial charge in [-0.15, -0.1) is 0 Å². The summed E-state index contributed by atoms with van der Waals surface area (Å²) in [6, 6.07) is 2.19. The van der Waals surface area contributed by atoms with Crippen molar-refractivity contribution in [1.29, 1.82) is 0 Å². The van der Waals surface area contributed by atoms with Gasteiger partial charge >= 0.3 is 0 Å². The van der Waals surface area contributed by atoms with Gasteiger partial charge in [0.25, 0.3) is 0 Å². The Bertz CT molecular complexity index is 454. The summed E-state index contributed by atoms with van der Waals surface area (Å²) in [5.41, 5.74) is 9.93. The first-order chi connectivity index (χ1) is 9.04. The molecule has 19 heavy (non-hydrogen) atoms. The molecule has 0 amide bonds. The maximum Gasteiger partial charge on any atom is 0.126 e. The minimum Gasteiger partial charge on any atom is -0.493 e. The summed E-state index contributed by atoms with van der Waals surface area (Å²) in [5, 5.41) is 0. The highest BCUT2D eigenvalue weighted by Gasteiger charge is 2.27. The first-order valence-corrected chi connectivity index (χ1v) is 7.27. The molecular formula is C16H23NO2. The smallest absolute Gasteiger partial charge is 0.126 e. The molecule has 2 heterocycles. The van der Waals surface area contributed by atoms with Gasteiger partial charge in [0.05, 0.1) is 13.2 Å². The fourth-order valence-electron chi connectivity index (χ4n) is 3.07. The molecule has 0 atom stereocenters. The minimum atomic E-state index is -0.221. The molecule has 0 spiro atoms. The van der Waals surface area contributed by atoms with E-state index in [2.05, 4.69) is 19.9 Å². The van der Waals surface area contributed by atoms with Crippen molar-refractivity contribution in [3.63, 3.8) is 0 Å². The summed E-state index contributed by atoms with van der Waals surface area (Å²) >= 11 is 0. The second-order valence-electron chi connectivity index (χ2n) is 6.39. The third-order valence-corrected chi connectivity index (χ3v) is 3.83. The van der Waals surface area contributed by atoms with Gasteiger partial charge in [0.1, 0.15) is 11.5 Å². The lowest BCUT2D eigenvalue weighted by Crippen LogP contribution is -2.35. The molecular weight excluding hydrogens is 238 g/mol.